The van der Waals surface area contributed by atoms with Crippen molar-refractivity contribution in [2.75, 3.05) is 12.3 Å². The van der Waals surface area contributed by atoms with Crippen LogP contribution in [0.3, 0.4) is 0 Å². The van der Waals surface area contributed by atoms with E-state index in [-0.39, 0.29) is 12.1 Å². The Hall–Kier alpha value is -1.78. The Balaban J connectivity index is 2.24. The highest BCUT2D eigenvalue weighted by Crippen LogP contribution is 2.33. The molecule has 1 amide bonds. The molecule has 1 saturated heterocycles. The van der Waals surface area contributed by atoms with Crippen LogP contribution in [0.1, 0.15) is 57.2 Å². The number of aryl methyl sites for hydroxylation is 1. The molecule has 5 nitrogen and oxygen atoms in total. The van der Waals surface area contributed by atoms with E-state index >= 15 is 0 Å². The van der Waals surface area contributed by atoms with Gasteiger partial charge in [-0.25, -0.2) is 9.78 Å². The number of hydrogen-bond acceptors (Lipinski definition) is 4. The zero-order chi connectivity index (χ0) is 15.6. The molecule has 0 spiro atoms. The average Bonchev–Trinajstić information content (AvgIpc) is 2.37. The van der Waals surface area contributed by atoms with Gasteiger partial charge in [-0.2, -0.15) is 0 Å². The van der Waals surface area contributed by atoms with E-state index < -0.39 is 5.60 Å². The molecule has 0 saturated carbocycles. The highest BCUT2D eigenvalue weighted by Gasteiger charge is 2.32. The van der Waals surface area contributed by atoms with Crippen LogP contribution in [0.25, 0.3) is 0 Å². The van der Waals surface area contributed by atoms with E-state index in [1.165, 1.54) is 0 Å². The van der Waals surface area contributed by atoms with Crippen LogP contribution in [0.4, 0.5) is 10.6 Å². The number of likely N-dealkylation sites (tertiary alicyclic amines) is 1. The fourth-order valence-corrected chi connectivity index (χ4v) is 2.73. The predicted octanol–water partition coefficient (Wildman–Crippen LogP) is 3.43. The first-order valence-corrected chi connectivity index (χ1v) is 7.49. The second-order valence-electron chi connectivity index (χ2n) is 6.65. The second kappa shape index (κ2) is 5.92. The van der Waals surface area contributed by atoms with Gasteiger partial charge >= 0.3 is 6.09 Å². The number of anilines is 1. The molecule has 21 heavy (non-hydrogen) atoms. The average molecular weight is 291 g/mol. The van der Waals surface area contributed by atoms with Gasteiger partial charge in [-0.15, -0.1) is 0 Å². The number of nitrogens with two attached hydrogens (primary N) is 1. The van der Waals surface area contributed by atoms with Crippen LogP contribution in [0.5, 0.6) is 0 Å². The molecular formula is C16H25N3O2. The van der Waals surface area contributed by atoms with Gasteiger partial charge in [0.25, 0.3) is 0 Å². The Morgan fingerprint density at radius 1 is 1.43 bits per heavy atom. The highest BCUT2D eigenvalue weighted by molar-refractivity contribution is 5.69. The van der Waals surface area contributed by atoms with Gasteiger partial charge < -0.3 is 15.4 Å². The lowest BCUT2D eigenvalue weighted by Gasteiger charge is -2.37. The maximum absolute atomic E-state index is 12.4. The predicted molar refractivity (Wildman–Crippen MR) is 82.9 cm³/mol. The zero-order valence-corrected chi connectivity index (χ0v) is 13.3. The van der Waals surface area contributed by atoms with Gasteiger partial charge in [0.2, 0.25) is 0 Å². The smallest absolute Gasteiger partial charge is 0.410 e. The lowest BCUT2D eigenvalue weighted by atomic mass is 9.94. The maximum Gasteiger partial charge on any atom is 0.410 e. The normalized spacial score (nSPS) is 19.4. The summed E-state index contributed by atoms with van der Waals surface area (Å²) in [4.78, 5) is 18.4. The molecule has 1 aliphatic heterocycles. The summed E-state index contributed by atoms with van der Waals surface area (Å²) in [5, 5.41) is 0. The summed E-state index contributed by atoms with van der Waals surface area (Å²) in [7, 11) is 0. The standard InChI is InChI=1S/C16H25N3O2/c1-11-9-14(17)18-10-12(11)13-7-5-6-8-19(13)15(20)21-16(2,3)4/h9-10,13H,5-8H2,1-4H3,(H2,17,18). The minimum Gasteiger partial charge on any atom is -0.444 e. The van der Waals surface area contributed by atoms with Crippen LogP contribution < -0.4 is 5.73 Å². The van der Waals surface area contributed by atoms with Crippen LogP contribution in [0.2, 0.25) is 0 Å². The number of amides is 1. The molecule has 1 atom stereocenters. The van der Waals surface area contributed by atoms with Gasteiger partial charge in [-0.1, -0.05) is 0 Å². The van der Waals surface area contributed by atoms with Crippen molar-refractivity contribution in [3.8, 4) is 0 Å². The topological polar surface area (TPSA) is 68.5 Å². The number of piperidine rings is 1. The van der Waals surface area contributed by atoms with Gasteiger partial charge in [-0.05, 0) is 64.2 Å². The van der Waals surface area contributed by atoms with Crippen molar-refractivity contribution in [3.63, 3.8) is 0 Å². The summed E-state index contributed by atoms with van der Waals surface area (Å²) in [6.07, 6.45) is 4.60. The fraction of sp³-hybridized carbons (Fsp3) is 0.625. The lowest BCUT2D eigenvalue weighted by molar-refractivity contribution is 0.00943. The van der Waals surface area contributed by atoms with Crippen LogP contribution >= 0.6 is 0 Å². The van der Waals surface area contributed by atoms with Gasteiger partial charge in [-0.3, -0.25) is 0 Å². The summed E-state index contributed by atoms with van der Waals surface area (Å²) < 4.78 is 5.53. The quantitative estimate of drug-likeness (QED) is 0.860. The van der Waals surface area contributed by atoms with Crippen LogP contribution in [0.15, 0.2) is 12.3 Å². The number of aromatic nitrogens is 1. The Morgan fingerprint density at radius 3 is 2.76 bits per heavy atom. The summed E-state index contributed by atoms with van der Waals surface area (Å²) in [6, 6.07) is 1.89. The van der Waals surface area contributed by atoms with E-state index in [4.69, 9.17) is 10.5 Å². The van der Waals surface area contributed by atoms with E-state index in [1.54, 1.807) is 6.20 Å². The minimum atomic E-state index is -0.479. The van der Waals surface area contributed by atoms with Crippen molar-refractivity contribution in [2.24, 2.45) is 0 Å². The SMILES string of the molecule is Cc1cc(N)ncc1C1CCCCN1C(=O)OC(C)(C)C. The number of nitrogen functional groups attached to an aromatic ring is 1. The molecule has 0 bridgehead atoms. The molecule has 1 aromatic rings. The van der Waals surface area contributed by atoms with Gasteiger partial charge in [0.05, 0.1) is 6.04 Å². The first kappa shape index (κ1) is 15.6. The second-order valence-corrected chi connectivity index (χ2v) is 6.65. The van der Waals surface area contributed by atoms with Crippen molar-refractivity contribution in [3.05, 3.63) is 23.4 Å². The summed E-state index contributed by atoms with van der Waals surface area (Å²) in [6.45, 7) is 8.40. The molecule has 1 unspecified atom stereocenters. The molecule has 116 valence electrons. The number of rotatable bonds is 1. The molecule has 1 aromatic heterocycles. The molecule has 2 N–H and O–H groups in total. The molecule has 0 aliphatic carbocycles. The first-order chi connectivity index (χ1) is 9.78. The van der Waals surface area contributed by atoms with Gasteiger partial charge in [0, 0.05) is 12.7 Å². The third kappa shape index (κ3) is 3.86. The zero-order valence-electron chi connectivity index (χ0n) is 13.3. The summed E-state index contributed by atoms with van der Waals surface area (Å²) in [5.74, 6) is 0.510. The summed E-state index contributed by atoms with van der Waals surface area (Å²) in [5.41, 5.74) is 7.38. The van der Waals surface area contributed by atoms with E-state index in [9.17, 15) is 4.79 Å². The number of ether oxygens (including phenoxy) is 1. The molecule has 1 aliphatic rings. The molecule has 0 aromatic carbocycles. The first-order valence-electron chi connectivity index (χ1n) is 7.49. The van der Waals surface area contributed by atoms with Crippen molar-refractivity contribution in [1.82, 2.24) is 9.88 Å². The number of carbonyl (C=O) groups excluding carboxylic acids is 1. The molecule has 0 radical (unpaired) electrons. The number of pyridine rings is 1. The van der Waals surface area contributed by atoms with Gasteiger partial charge in [0.1, 0.15) is 11.4 Å². The third-order valence-electron chi connectivity index (χ3n) is 3.66. The largest absolute Gasteiger partial charge is 0.444 e. The minimum absolute atomic E-state index is 0.0294. The number of carbonyl (C=O) groups is 1. The van der Waals surface area contributed by atoms with Crippen molar-refractivity contribution in [2.45, 2.75) is 58.6 Å². The number of hydrogen-bond donors (Lipinski definition) is 1. The molecule has 2 rings (SSSR count). The highest BCUT2D eigenvalue weighted by atomic mass is 16.6. The Kier molecular flexibility index (Phi) is 4.40. The monoisotopic (exact) mass is 291 g/mol. The van der Waals surface area contributed by atoms with E-state index in [0.717, 1.165) is 36.9 Å². The molecule has 5 heteroatoms. The molecule has 2 heterocycles. The van der Waals surface area contributed by atoms with Gasteiger partial charge in [0.15, 0.2) is 0 Å². The van der Waals surface area contributed by atoms with Crippen LogP contribution in [-0.2, 0) is 4.74 Å². The fourth-order valence-electron chi connectivity index (χ4n) is 2.73. The maximum atomic E-state index is 12.4. The van der Waals surface area contributed by atoms with E-state index in [2.05, 4.69) is 4.98 Å². The molecule has 1 fully saturated rings. The Bertz CT molecular complexity index is 523. The van der Waals surface area contributed by atoms with E-state index in [0.29, 0.717) is 5.82 Å². The van der Waals surface area contributed by atoms with Crippen molar-refractivity contribution >= 4 is 11.9 Å². The van der Waals surface area contributed by atoms with E-state index in [1.807, 2.05) is 38.7 Å². The Morgan fingerprint density at radius 2 is 2.14 bits per heavy atom. The third-order valence-corrected chi connectivity index (χ3v) is 3.66. The summed E-state index contributed by atoms with van der Waals surface area (Å²) >= 11 is 0. The van der Waals surface area contributed by atoms with Crippen LogP contribution in [0, 0.1) is 6.92 Å². The van der Waals surface area contributed by atoms with Crippen molar-refractivity contribution < 1.29 is 9.53 Å². The Labute approximate surface area is 126 Å². The number of nitrogens with zero attached hydrogens (tertiary/aromatic N) is 2. The van der Waals surface area contributed by atoms with Crippen molar-refractivity contribution in [1.29, 1.82) is 0 Å². The lowest BCUT2D eigenvalue weighted by Crippen LogP contribution is -2.42. The molecular weight excluding hydrogens is 266 g/mol. The van der Waals surface area contributed by atoms with Crippen LogP contribution in [-0.4, -0.2) is 28.1 Å².